The molecule has 1 N–H and O–H groups in total. The highest BCUT2D eigenvalue weighted by atomic mass is 15.1. The van der Waals surface area contributed by atoms with Gasteiger partial charge in [-0.25, -0.2) is 0 Å². The Morgan fingerprint density at radius 2 is 2.00 bits per heavy atom. The lowest BCUT2D eigenvalue weighted by atomic mass is 9.93. The molecular weight excluding hydrogens is 270 g/mol. The van der Waals surface area contributed by atoms with Gasteiger partial charge >= 0.3 is 0 Å². The normalized spacial score (nSPS) is 17.2. The summed E-state index contributed by atoms with van der Waals surface area (Å²) < 4.78 is 0. The molecule has 1 aliphatic rings. The molecule has 0 atom stereocenters. The molecule has 1 aliphatic heterocycles. The number of nitrogens with one attached hydrogen (secondary N) is 1. The van der Waals surface area contributed by atoms with E-state index in [1.807, 2.05) is 14.0 Å². The number of likely N-dealkylation sites (tertiary alicyclic amines) is 1. The zero-order valence-electron chi connectivity index (χ0n) is 13.8. The highest BCUT2D eigenvalue weighted by molar-refractivity contribution is 5.79. The quantitative estimate of drug-likeness (QED) is 0.917. The molecule has 1 aromatic heterocycles. The van der Waals surface area contributed by atoms with Crippen LogP contribution >= 0.6 is 0 Å². The first-order valence-electron chi connectivity index (χ1n) is 8.48. The van der Waals surface area contributed by atoms with Gasteiger partial charge < -0.3 is 5.32 Å². The summed E-state index contributed by atoms with van der Waals surface area (Å²) in [6.45, 7) is 6.74. The van der Waals surface area contributed by atoms with Gasteiger partial charge in [0.15, 0.2) is 0 Å². The molecule has 0 aliphatic carbocycles. The van der Waals surface area contributed by atoms with Gasteiger partial charge in [0.05, 0.1) is 5.52 Å². The molecule has 2 heterocycles. The molecule has 0 unspecified atom stereocenters. The third kappa shape index (κ3) is 3.84. The highest BCUT2D eigenvalue weighted by Crippen LogP contribution is 2.22. The van der Waals surface area contributed by atoms with Crippen molar-refractivity contribution in [3.05, 3.63) is 41.6 Å². The van der Waals surface area contributed by atoms with Crippen LogP contribution in [0.3, 0.4) is 0 Å². The number of pyridine rings is 1. The number of hydrogen-bond acceptors (Lipinski definition) is 3. The molecule has 0 amide bonds. The van der Waals surface area contributed by atoms with E-state index in [0.717, 1.165) is 30.2 Å². The van der Waals surface area contributed by atoms with E-state index in [0.29, 0.717) is 0 Å². The first kappa shape index (κ1) is 15.4. The van der Waals surface area contributed by atoms with Crippen molar-refractivity contribution in [1.29, 1.82) is 0 Å². The van der Waals surface area contributed by atoms with E-state index in [2.05, 4.69) is 45.5 Å². The van der Waals surface area contributed by atoms with Crippen LogP contribution in [0.2, 0.25) is 0 Å². The number of aryl methyl sites for hydroxylation is 1. The zero-order valence-corrected chi connectivity index (χ0v) is 13.8. The molecule has 3 nitrogen and oxygen atoms in total. The van der Waals surface area contributed by atoms with Gasteiger partial charge in [-0.15, -0.1) is 0 Å². The van der Waals surface area contributed by atoms with Crippen molar-refractivity contribution in [2.45, 2.75) is 32.7 Å². The number of piperidine rings is 1. The Hall–Kier alpha value is -1.45. The van der Waals surface area contributed by atoms with E-state index in [1.165, 1.54) is 43.3 Å². The second-order valence-electron chi connectivity index (χ2n) is 6.59. The fourth-order valence-corrected chi connectivity index (χ4v) is 3.42. The third-order valence-electron chi connectivity index (χ3n) is 4.81. The summed E-state index contributed by atoms with van der Waals surface area (Å²) in [5, 5.41) is 4.52. The van der Waals surface area contributed by atoms with E-state index in [9.17, 15) is 0 Å². The number of rotatable bonds is 5. The van der Waals surface area contributed by atoms with Gasteiger partial charge in [0.2, 0.25) is 0 Å². The van der Waals surface area contributed by atoms with Gasteiger partial charge in [-0.2, -0.15) is 0 Å². The molecule has 118 valence electrons. The van der Waals surface area contributed by atoms with Gasteiger partial charge in [-0.05, 0) is 82.5 Å². The number of benzene rings is 1. The Balaban J connectivity index is 1.59. The maximum Gasteiger partial charge on any atom is 0.0705 e. The van der Waals surface area contributed by atoms with Gasteiger partial charge in [-0.1, -0.05) is 12.1 Å². The third-order valence-corrected chi connectivity index (χ3v) is 4.81. The molecule has 2 aromatic rings. The molecule has 1 aromatic carbocycles. The maximum absolute atomic E-state index is 4.58. The summed E-state index contributed by atoms with van der Waals surface area (Å²) in [6, 6.07) is 11.0. The monoisotopic (exact) mass is 297 g/mol. The minimum Gasteiger partial charge on any atom is -0.320 e. The maximum atomic E-state index is 4.58. The standard InChI is InChI=1S/C19H27N3/c1-15-3-5-18-13-17(4-6-19(18)21-15)14-22-11-8-16(9-12-22)7-10-20-2/h3-6,13,16,20H,7-12,14H2,1-2H3. The van der Waals surface area contributed by atoms with Crippen LogP contribution in [-0.2, 0) is 6.54 Å². The Kier molecular flexibility index (Phi) is 5.06. The predicted octanol–water partition coefficient (Wildman–Crippen LogP) is 3.36. The average molecular weight is 297 g/mol. The summed E-state index contributed by atoms with van der Waals surface area (Å²) in [4.78, 5) is 7.18. The van der Waals surface area contributed by atoms with E-state index in [4.69, 9.17) is 0 Å². The van der Waals surface area contributed by atoms with E-state index >= 15 is 0 Å². The van der Waals surface area contributed by atoms with Crippen LogP contribution in [0.4, 0.5) is 0 Å². The molecular formula is C19H27N3. The van der Waals surface area contributed by atoms with Crippen molar-refractivity contribution < 1.29 is 0 Å². The topological polar surface area (TPSA) is 28.2 Å². The molecule has 0 saturated carbocycles. The van der Waals surface area contributed by atoms with Crippen molar-refractivity contribution in [3.63, 3.8) is 0 Å². The molecule has 0 radical (unpaired) electrons. The lowest BCUT2D eigenvalue weighted by Crippen LogP contribution is -2.34. The summed E-state index contributed by atoms with van der Waals surface area (Å²) in [6.07, 6.45) is 4.01. The second kappa shape index (κ2) is 7.21. The van der Waals surface area contributed by atoms with Crippen molar-refractivity contribution >= 4 is 10.9 Å². The molecule has 1 fully saturated rings. The van der Waals surface area contributed by atoms with Crippen molar-refractivity contribution in [1.82, 2.24) is 15.2 Å². The van der Waals surface area contributed by atoms with Gasteiger partial charge in [0, 0.05) is 17.6 Å². The Labute approximate surface area is 133 Å². The van der Waals surface area contributed by atoms with Crippen LogP contribution in [0.5, 0.6) is 0 Å². The smallest absolute Gasteiger partial charge is 0.0705 e. The molecule has 1 saturated heterocycles. The molecule has 3 rings (SSSR count). The number of fused-ring (bicyclic) bond motifs is 1. The lowest BCUT2D eigenvalue weighted by Gasteiger charge is -2.32. The van der Waals surface area contributed by atoms with Crippen molar-refractivity contribution in [3.8, 4) is 0 Å². The second-order valence-corrected chi connectivity index (χ2v) is 6.59. The number of aromatic nitrogens is 1. The Morgan fingerprint density at radius 1 is 1.18 bits per heavy atom. The predicted molar refractivity (Wildman–Crippen MR) is 93.0 cm³/mol. The van der Waals surface area contributed by atoms with Crippen molar-refractivity contribution in [2.75, 3.05) is 26.7 Å². The average Bonchev–Trinajstić information content (AvgIpc) is 2.54. The SMILES string of the molecule is CNCCC1CCN(Cc2ccc3nc(C)ccc3c2)CC1. The van der Waals surface area contributed by atoms with Crippen LogP contribution in [-0.4, -0.2) is 36.6 Å². The Bertz CT molecular complexity index is 615. The minimum atomic E-state index is 0.910. The molecule has 0 bridgehead atoms. The van der Waals surface area contributed by atoms with Crippen LogP contribution in [0.25, 0.3) is 10.9 Å². The lowest BCUT2D eigenvalue weighted by molar-refractivity contribution is 0.172. The van der Waals surface area contributed by atoms with Gasteiger partial charge in [-0.3, -0.25) is 9.88 Å². The van der Waals surface area contributed by atoms with E-state index in [-0.39, 0.29) is 0 Å². The zero-order chi connectivity index (χ0) is 15.4. The minimum absolute atomic E-state index is 0.910. The Morgan fingerprint density at radius 3 is 2.77 bits per heavy atom. The first-order valence-corrected chi connectivity index (χ1v) is 8.48. The van der Waals surface area contributed by atoms with Gasteiger partial charge in [0.1, 0.15) is 0 Å². The summed E-state index contributed by atoms with van der Waals surface area (Å²) >= 11 is 0. The largest absolute Gasteiger partial charge is 0.320 e. The van der Waals surface area contributed by atoms with Crippen LogP contribution < -0.4 is 5.32 Å². The summed E-state index contributed by atoms with van der Waals surface area (Å²) in [5.41, 5.74) is 3.60. The molecule has 22 heavy (non-hydrogen) atoms. The first-order chi connectivity index (χ1) is 10.7. The number of hydrogen-bond donors (Lipinski definition) is 1. The summed E-state index contributed by atoms with van der Waals surface area (Å²) in [7, 11) is 2.05. The summed E-state index contributed by atoms with van der Waals surface area (Å²) in [5.74, 6) is 0.910. The molecule has 0 spiro atoms. The van der Waals surface area contributed by atoms with Crippen LogP contribution in [0.15, 0.2) is 30.3 Å². The van der Waals surface area contributed by atoms with Crippen LogP contribution in [0, 0.1) is 12.8 Å². The van der Waals surface area contributed by atoms with E-state index < -0.39 is 0 Å². The highest BCUT2D eigenvalue weighted by Gasteiger charge is 2.18. The fraction of sp³-hybridized carbons (Fsp3) is 0.526. The van der Waals surface area contributed by atoms with Crippen LogP contribution in [0.1, 0.15) is 30.5 Å². The van der Waals surface area contributed by atoms with Crippen molar-refractivity contribution in [2.24, 2.45) is 5.92 Å². The molecule has 3 heteroatoms. The fourth-order valence-electron chi connectivity index (χ4n) is 3.42. The van der Waals surface area contributed by atoms with Gasteiger partial charge in [0.25, 0.3) is 0 Å². The van der Waals surface area contributed by atoms with E-state index in [1.54, 1.807) is 0 Å². The number of nitrogens with zero attached hydrogens (tertiary/aromatic N) is 2.